The minimum absolute atomic E-state index is 0.624. The van der Waals surface area contributed by atoms with Crippen molar-refractivity contribution in [3.63, 3.8) is 0 Å². The maximum absolute atomic E-state index is 5.84. The molecule has 0 radical (unpaired) electrons. The number of halogens is 1. The lowest BCUT2D eigenvalue weighted by Crippen LogP contribution is -2.03. The number of ether oxygens (including phenoxy) is 2. The molecule has 0 saturated carbocycles. The van der Waals surface area contributed by atoms with Gasteiger partial charge in [-0.2, -0.15) is 5.10 Å². The van der Waals surface area contributed by atoms with Crippen LogP contribution in [0, 0.1) is 0 Å². The third kappa shape index (κ3) is 3.73. The molecule has 0 aliphatic rings. The average Bonchev–Trinajstić information content (AvgIpc) is 2.84. The molecule has 0 unspecified atom stereocenters. The van der Waals surface area contributed by atoms with E-state index in [4.69, 9.17) is 9.47 Å². The van der Waals surface area contributed by atoms with E-state index in [1.165, 1.54) is 5.56 Å². The summed E-state index contributed by atoms with van der Waals surface area (Å²) in [6.07, 6.45) is 4.70. The van der Waals surface area contributed by atoms with E-state index in [-0.39, 0.29) is 0 Å². The normalized spacial score (nSPS) is 10.5. The van der Waals surface area contributed by atoms with Crippen molar-refractivity contribution < 1.29 is 9.47 Å². The molecule has 2 rings (SSSR count). The molecule has 0 atom stereocenters. The van der Waals surface area contributed by atoms with Gasteiger partial charge in [0.15, 0.2) is 0 Å². The Morgan fingerprint density at radius 1 is 1.37 bits per heavy atom. The molecule has 0 amide bonds. The van der Waals surface area contributed by atoms with Gasteiger partial charge in [0.1, 0.15) is 11.5 Å². The maximum Gasteiger partial charge on any atom is 0.127 e. The molecule has 0 fully saturated rings. The number of hydrogen-bond acceptors (Lipinski definition) is 3. The maximum atomic E-state index is 5.84. The van der Waals surface area contributed by atoms with Crippen LogP contribution < -0.4 is 9.47 Å². The summed E-state index contributed by atoms with van der Waals surface area (Å²) in [5.74, 6) is 1.67. The van der Waals surface area contributed by atoms with Gasteiger partial charge in [-0.15, -0.1) is 0 Å². The Morgan fingerprint density at radius 2 is 2.21 bits per heavy atom. The number of methoxy groups -OCH3 is 1. The van der Waals surface area contributed by atoms with Crippen LogP contribution in [-0.2, 0) is 18.8 Å². The van der Waals surface area contributed by atoms with Gasteiger partial charge in [0.05, 0.1) is 19.9 Å². The highest BCUT2D eigenvalue weighted by atomic mass is 79.9. The number of hydrogen-bond donors (Lipinski definition) is 0. The second kappa shape index (κ2) is 6.61. The smallest absolute Gasteiger partial charge is 0.127 e. The molecule has 0 bridgehead atoms. The second-order valence-electron chi connectivity index (χ2n) is 4.23. The molecule has 0 N–H and O–H groups in total. The van der Waals surface area contributed by atoms with Crippen LogP contribution in [0.25, 0.3) is 0 Å². The van der Waals surface area contributed by atoms with Crippen LogP contribution in [0.4, 0.5) is 0 Å². The summed E-state index contributed by atoms with van der Waals surface area (Å²) >= 11 is 3.46. The van der Waals surface area contributed by atoms with Gasteiger partial charge >= 0.3 is 0 Å². The van der Waals surface area contributed by atoms with Gasteiger partial charge in [-0.1, -0.05) is 22.0 Å². The third-order valence-corrected chi connectivity index (χ3v) is 3.43. The fourth-order valence-corrected chi connectivity index (χ4v) is 2.25. The number of rotatable bonds is 6. The Morgan fingerprint density at radius 3 is 2.84 bits per heavy atom. The van der Waals surface area contributed by atoms with Crippen LogP contribution in [0.5, 0.6) is 11.5 Å². The van der Waals surface area contributed by atoms with Crippen molar-refractivity contribution >= 4 is 15.9 Å². The van der Waals surface area contributed by atoms with E-state index < -0.39 is 0 Å². The first kappa shape index (κ1) is 13.9. The zero-order valence-corrected chi connectivity index (χ0v) is 12.7. The van der Waals surface area contributed by atoms with Crippen molar-refractivity contribution in [1.29, 1.82) is 0 Å². The molecule has 0 saturated heterocycles. The molecule has 102 valence electrons. The van der Waals surface area contributed by atoms with Gasteiger partial charge in [0.25, 0.3) is 0 Å². The summed E-state index contributed by atoms with van der Waals surface area (Å²) in [6.45, 7) is 0.624. The summed E-state index contributed by atoms with van der Waals surface area (Å²) in [7, 11) is 3.57. The van der Waals surface area contributed by atoms with Crippen LogP contribution in [0.2, 0.25) is 0 Å². The number of benzene rings is 1. The summed E-state index contributed by atoms with van der Waals surface area (Å²) in [4.78, 5) is 0. The van der Waals surface area contributed by atoms with Crippen molar-refractivity contribution in [2.75, 3.05) is 13.7 Å². The summed E-state index contributed by atoms with van der Waals surface area (Å²) < 4.78 is 12.8. The van der Waals surface area contributed by atoms with E-state index in [0.717, 1.165) is 28.8 Å². The van der Waals surface area contributed by atoms with Crippen molar-refractivity contribution in [2.24, 2.45) is 7.05 Å². The largest absolute Gasteiger partial charge is 0.497 e. The number of nitrogens with zero attached hydrogens (tertiary/aromatic N) is 2. The van der Waals surface area contributed by atoms with Crippen LogP contribution >= 0.6 is 15.9 Å². The Hall–Kier alpha value is -1.49. The molecule has 4 nitrogen and oxygen atoms in total. The molecule has 2 aromatic rings. The highest BCUT2D eigenvalue weighted by Crippen LogP contribution is 2.26. The predicted octanol–water partition coefficient (Wildman–Crippen LogP) is 2.95. The molecule has 1 aromatic carbocycles. The fraction of sp³-hybridized carbons (Fsp3) is 0.357. The molecule has 0 aliphatic heterocycles. The first-order chi connectivity index (χ1) is 9.22. The van der Waals surface area contributed by atoms with E-state index >= 15 is 0 Å². The summed E-state index contributed by atoms with van der Waals surface area (Å²) in [6, 6.07) is 5.86. The zero-order valence-electron chi connectivity index (χ0n) is 11.1. The van der Waals surface area contributed by atoms with Crippen molar-refractivity contribution in [2.45, 2.75) is 11.8 Å². The van der Waals surface area contributed by atoms with Gasteiger partial charge in [0.2, 0.25) is 0 Å². The van der Waals surface area contributed by atoms with Crippen LogP contribution in [0.1, 0.15) is 11.1 Å². The Bertz CT molecular complexity index is 540. The first-order valence-corrected chi connectivity index (χ1v) is 7.18. The van der Waals surface area contributed by atoms with E-state index in [0.29, 0.717) is 6.61 Å². The first-order valence-electron chi connectivity index (χ1n) is 6.06. The Balaban J connectivity index is 1.98. The van der Waals surface area contributed by atoms with Gasteiger partial charge in [-0.05, 0) is 11.6 Å². The standard InChI is InChI=1S/C14H17BrN2O2/c1-17-10-11(9-16-17)5-6-19-14-7-13(18-2)4-3-12(14)8-15/h3-4,7,9-10H,5-6,8H2,1-2H3. The summed E-state index contributed by atoms with van der Waals surface area (Å²) in [5, 5.41) is 4.90. The highest BCUT2D eigenvalue weighted by Gasteiger charge is 2.05. The van der Waals surface area contributed by atoms with Crippen LogP contribution in [-0.4, -0.2) is 23.5 Å². The second-order valence-corrected chi connectivity index (χ2v) is 4.79. The van der Waals surface area contributed by atoms with Gasteiger partial charge in [0, 0.05) is 36.6 Å². The SMILES string of the molecule is COc1ccc(CBr)c(OCCc2cnn(C)c2)c1. The lowest BCUT2D eigenvalue weighted by Gasteiger charge is -2.11. The fourth-order valence-electron chi connectivity index (χ4n) is 1.79. The van der Waals surface area contributed by atoms with Crippen molar-refractivity contribution in [1.82, 2.24) is 9.78 Å². The monoisotopic (exact) mass is 324 g/mol. The van der Waals surface area contributed by atoms with E-state index in [1.807, 2.05) is 37.6 Å². The molecule has 1 aromatic heterocycles. The molecule has 0 spiro atoms. The van der Waals surface area contributed by atoms with Gasteiger partial charge in [-0.3, -0.25) is 4.68 Å². The van der Waals surface area contributed by atoms with Crippen LogP contribution in [0.15, 0.2) is 30.6 Å². The predicted molar refractivity (Wildman–Crippen MR) is 78.0 cm³/mol. The molecular weight excluding hydrogens is 308 g/mol. The van der Waals surface area contributed by atoms with Crippen molar-refractivity contribution in [3.05, 3.63) is 41.7 Å². The average molecular weight is 325 g/mol. The van der Waals surface area contributed by atoms with E-state index in [9.17, 15) is 0 Å². The molecular formula is C14H17BrN2O2. The number of alkyl halides is 1. The zero-order chi connectivity index (χ0) is 13.7. The minimum atomic E-state index is 0.624. The van der Waals surface area contributed by atoms with E-state index in [2.05, 4.69) is 21.0 Å². The quantitative estimate of drug-likeness (QED) is 0.766. The molecule has 0 aliphatic carbocycles. The minimum Gasteiger partial charge on any atom is -0.497 e. The summed E-state index contributed by atoms with van der Waals surface area (Å²) in [5.41, 5.74) is 2.29. The topological polar surface area (TPSA) is 36.3 Å². The van der Waals surface area contributed by atoms with E-state index in [1.54, 1.807) is 11.8 Å². The lowest BCUT2D eigenvalue weighted by molar-refractivity contribution is 0.316. The highest BCUT2D eigenvalue weighted by molar-refractivity contribution is 9.08. The van der Waals surface area contributed by atoms with Crippen molar-refractivity contribution in [3.8, 4) is 11.5 Å². The lowest BCUT2D eigenvalue weighted by atomic mass is 10.2. The molecule has 19 heavy (non-hydrogen) atoms. The number of aromatic nitrogens is 2. The Labute approximate surface area is 121 Å². The van der Waals surface area contributed by atoms with Crippen LogP contribution in [0.3, 0.4) is 0 Å². The third-order valence-electron chi connectivity index (χ3n) is 2.82. The van der Waals surface area contributed by atoms with Gasteiger partial charge < -0.3 is 9.47 Å². The Kier molecular flexibility index (Phi) is 4.85. The number of aryl methyl sites for hydroxylation is 1. The molecule has 5 heteroatoms. The molecule has 1 heterocycles. The van der Waals surface area contributed by atoms with Gasteiger partial charge in [-0.25, -0.2) is 0 Å².